The molecule has 0 aliphatic rings. The number of halogens is 4. The predicted octanol–water partition coefficient (Wildman–Crippen LogP) is 2.82. The van der Waals surface area contributed by atoms with Crippen LogP contribution in [0.4, 0.5) is 13.2 Å². The van der Waals surface area contributed by atoms with Crippen molar-refractivity contribution in [3.8, 4) is 0 Å². The summed E-state index contributed by atoms with van der Waals surface area (Å²) < 4.78 is 38.2. The maximum atomic E-state index is 11.7. The monoisotopic (exact) mass is 187 g/mol. The molecule has 0 spiro atoms. The minimum Gasteiger partial charge on any atom is -0.187 e. The van der Waals surface area contributed by atoms with Gasteiger partial charge in [-0.15, -0.1) is 0 Å². The van der Waals surface area contributed by atoms with E-state index in [4.69, 9.17) is 11.6 Å². The molecule has 1 rings (SSSR count). The molecule has 0 aromatic carbocycles. The van der Waals surface area contributed by atoms with E-state index < -0.39 is 11.9 Å². The summed E-state index contributed by atoms with van der Waals surface area (Å²) in [5, 5.41) is 0. The molecule has 1 aromatic rings. The molecule has 0 fully saturated rings. The van der Waals surface area contributed by atoms with Crippen molar-refractivity contribution >= 4 is 23.1 Å². The van der Waals surface area contributed by atoms with Gasteiger partial charge in [-0.05, 0) is 11.5 Å². The van der Waals surface area contributed by atoms with Crippen molar-refractivity contribution in [3.63, 3.8) is 0 Å². The maximum absolute atomic E-state index is 11.7. The summed E-state index contributed by atoms with van der Waals surface area (Å²) in [5.41, 5.74) is -0.928. The number of rotatable bonds is 0. The molecule has 0 saturated heterocycles. The number of aromatic nitrogens is 1. The molecular formula is C4HClF3NS. The van der Waals surface area contributed by atoms with Crippen LogP contribution in [-0.4, -0.2) is 4.37 Å². The molecule has 0 N–H and O–H groups in total. The first-order chi connectivity index (χ1) is 4.50. The van der Waals surface area contributed by atoms with Crippen LogP contribution >= 0.6 is 23.1 Å². The Morgan fingerprint density at radius 3 is 2.30 bits per heavy atom. The molecule has 0 aliphatic carbocycles. The van der Waals surface area contributed by atoms with Crippen LogP contribution in [0.2, 0.25) is 4.34 Å². The topological polar surface area (TPSA) is 12.9 Å². The van der Waals surface area contributed by atoms with Gasteiger partial charge in [0.25, 0.3) is 0 Å². The Labute approximate surface area is 63.6 Å². The number of nitrogens with zero attached hydrogens (tertiary/aromatic N) is 1. The highest BCUT2D eigenvalue weighted by molar-refractivity contribution is 7.10. The van der Waals surface area contributed by atoms with Crippen LogP contribution in [0.15, 0.2) is 6.07 Å². The van der Waals surface area contributed by atoms with Gasteiger partial charge in [0, 0.05) is 6.07 Å². The van der Waals surface area contributed by atoms with E-state index in [0.717, 1.165) is 6.07 Å². The smallest absolute Gasteiger partial charge is 0.187 e. The van der Waals surface area contributed by atoms with Crippen LogP contribution in [0.25, 0.3) is 0 Å². The molecule has 1 nitrogen and oxygen atoms in total. The second-order valence-electron chi connectivity index (χ2n) is 1.51. The summed E-state index contributed by atoms with van der Waals surface area (Å²) >= 11 is 5.85. The molecular weight excluding hydrogens is 187 g/mol. The summed E-state index contributed by atoms with van der Waals surface area (Å²) in [7, 11) is 0. The van der Waals surface area contributed by atoms with E-state index in [2.05, 4.69) is 4.37 Å². The molecule has 6 heteroatoms. The van der Waals surface area contributed by atoms with Crippen molar-refractivity contribution in [1.29, 1.82) is 0 Å². The summed E-state index contributed by atoms with van der Waals surface area (Å²) in [5.74, 6) is 0. The minimum atomic E-state index is -4.37. The van der Waals surface area contributed by atoms with Crippen molar-refractivity contribution < 1.29 is 13.2 Å². The molecule has 10 heavy (non-hydrogen) atoms. The second kappa shape index (κ2) is 2.39. The van der Waals surface area contributed by atoms with Gasteiger partial charge in [-0.3, -0.25) is 0 Å². The zero-order valence-electron chi connectivity index (χ0n) is 4.44. The van der Waals surface area contributed by atoms with Crippen molar-refractivity contribution in [1.82, 2.24) is 4.37 Å². The fourth-order valence-electron chi connectivity index (χ4n) is 0.387. The Hall–Kier alpha value is -0.290. The van der Waals surface area contributed by atoms with Gasteiger partial charge in [-0.2, -0.15) is 17.5 Å². The second-order valence-corrected chi connectivity index (χ2v) is 2.95. The van der Waals surface area contributed by atoms with Gasteiger partial charge in [-0.1, -0.05) is 11.6 Å². The van der Waals surface area contributed by atoms with E-state index >= 15 is 0 Å². The Bertz CT molecular complexity index is 231. The quantitative estimate of drug-likeness (QED) is 0.609. The predicted molar refractivity (Wildman–Crippen MR) is 32.1 cm³/mol. The van der Waals surface area contributed by atoms with Gasteiger partial charge in [0.1, 0.15) is 4.34 Å². The zero-order chi connectivity index (χ0) is 7.78. The highest BCUT2D eigenvalue weighted by Crippen LogP contribution is 2.31. The van der Waals surface area contributed by atoms with E-state index in [1.165, 1.54) is 0 Å². The van der Waals surface area contributed by atoms with E-state index in [9.17, 15) is 13.2 Å². The van der Waals surface area contributed by atoms with Crippen LogP contribution in [-0.2, 0) is 6.18 Å². The SMILES string of the molecule is FC(F)(F)c1cc(Cl)sn1. The van der Waals surface area contributed by atoms with Crippen molar-refractivity contribution in [2.24, 2.45) is 0 Å². The maximum Gasteiger partial charge on any atom is 0.434 e. The lowest BCUT2D eigenvalue weighted by Gasteiger charge is -1.98. The van der Waals surface area contributed by atoms with Gasteiger partial charge < -0.3 is 0 Å². The van der Waals surface area contributed by atoms with E-state index in [-0.39, 0.29) is 4.34 Å². The van der Waals surface area contributed by atoms with Crippen molar-refractivity contribution in [2.45, 2.75) is 6.18 Å². The lowest BCUT2D eigenvalue weighted by atomic mass is 10.4. The number of alkyl halides is 3. The summed E-state index contributed by atoms with van der Waals surface area (Å²) in [4.78, 5) is 0. The third kappa shape index (κ3) is 1.60. The van der Waals surface area contributed by atoms with Crippen molar-refractivity contribution in [2.75, 3.05) is 0 Å². The normalized spacial score (nSPS) is 12.0. The molecule has 56 valence electrons. The summed E-state index contributed by atoms with van der Waals surface area (Å²) in [6.07, 6.45) is -4.37. The minimum absolute atomic E-state index is 0.0484. The Balaban J connectivity index is 2.96. The fourth-order valence-corrected chi connectivity index (χ4v) is 1.10. The van der Waals surface area contributed by atoms with Crippen LogP contribution < -0.4 is 0 Å². The molecule has 0 atom stereocenters. The van der Waals surface area contributed by atoms with Gasteiger partial charge in [0.2, 0.25) is 0 Å². The standard InChI is InChI=1S/C4HClF3NS/c5-3-1-2(9-10-3)4(6,7)8/h1H. The molecule has 0 saturated carbocycles. The van der Waals surface area contributed by atoms with Gasteiger partial charge in [0.15, 0.2) is 5.69 Å². The first-order valence-electron chi connectivity index (χ1n) is 2.19. The number of hydrogen-bond donors (Lipinski definition) is 0. The molecule has 0 radical (unpaired) electrons. The first-order valence-corrected chi connectivity index (χ1v) is 3.34. The van der Waals surface area contributed by atoms with Crippen molar-refractivity contribution in [3.05, 3.63) is 16.1 Å². The van der Waals surface area contributed by atoms with Gasteiger partial charge in [-0.25, -0.2) is 0 Å². The third-order valence-electron chi connectivity index (χ3n) is 0.772. The summed E-state index contributed by atoms with van der Waals surface area (Å²) in [6.45, 7) is 0. The summed E-state index contributed by atoms with van der Waals surface area (Å²) in [6, 6.07) is 0.798. The molecule has 1 heterocycles. The van der Waals surface area contributed by atoms with Crippen LogP contribution in [0.1, 0.15) is 5.69 Å². The van der Waals surface area contributed by atoms with Gasteiger partial charge in [0.05, 0.1) is 0 Å². The highest BCUT2D eigenvalue weighted by atomic mass is 35.5. The largest absolute Gasteiger partial charge is 0.434 e. The van der Waals surface area contributed by atoms with E-state index in [0.29, 0.717) is 11.5 Å². The molecule has 0 amide bonds. The van der Waals surface area contributed by atoms with Crippen LogP contribution in [0.3, 0.4) is 0 Å². The van der Waals surface area contributed by atoms with E-state index in [1.807, 2.05) is 0 Å². The third-order valence-corrected chi connectivity index (χ3v) is 1.67. The lowest BCUT2D eigenvalue weighted by molar-refractivity contribution is -0.140. The average Bonchev–Trinajstić information content (AvgIpc) is 2.11. The Morgan fingerprint density at radius 1 is 1.50 bits per heavy atom. The fraction of sp³-hybridized carbons (Fsp3) is 0.250. The van der Waals surface area contributed by atoms with E-state index in [1.54, 1.807) is 0 Å². The highest BCUT2D eigenvalue weighted by Gasteiger charge is 2.33. The van der Waals surface area contributed by atoms with Crippen LogP contribution in [0.5, 0.6) is 0 Å². The molecule has 1 aromatic heterocycles. The molecule has 0 aliphatic heterocycles. The molecule has 0 bridgehead atoms. The molecule has 0 unspecified atom stereocenters. The van der Waals surface area contributed by atoms with Gasteiger partial charge >= 0.3 is 6.18 Å². The first kappa shape index (κ1) is 7.81. The zero-order valence-corrected chi connectivity index (χ0v) is 6.02. The Morgan fingerprint density at radius 2 is 2.10 bits per heavy atom. The van der Waals surface area contributed by atoms with Crippen LogP contribution in [0, 0.1) is 0 Å². The lowest BCUT2D eigenvalue weighted by Crippen LogP contribution is -2.04. The number of hydrogen-bond acceptors (Lipinski definition) is 2. The average molecular weight is 188 g/mol. The Kier molecular flexibility index (Phi) is 1.87.